The molecule has 4 rings (SSSR count). The Bertz CT molecular complexity index is 1490. The first-order chi connectivity index (χ1) is 16.9. The van der Waals surface area contributed by atoms with Crippen LogP contribution in [0.2, 0.25) is 0 Å². The third-order valence-corrected chi connectivity index (χ3v) is 5.35. The van der Waals surface area contributed by atoms with E-state index in [0.29, 0.717) is 51.3 Å². The van der Waals surface area contributed by atoms with Gasteiger partial charge in [0.2, 0.25) is 0 Å². The van der Waals surface area contributed by atoms with Crippen molar-refractivity contribution in [3.63, 3.8) is 0 Å². The number of fused-ring (bicyclic) bond motifs is 2. The molecule has 176 valence electrons. The molecule has 0 radical (unpaired) electrons. The van der Waals surface area contributed by atoms with Crippen molar-refractivity contribution in [1.82, 2.24) is 10.6 Å². The summed E-state index contributed by atoms with van der Waals surface area (Å²) < 4.78 is 25.3. The maximum Gasteiger partial charge on any atom is 0.412 e. The minimum atomic E-state index is -0.659. The topological polar surface area (TPSA) is 100 Å². The summed E-state index contributed by atoms with van der Waals surface area (Å²) in [7, 11) is 0. The molecule has 0 aliphatic heterocycles. The van der Waals surface area contributed by atoms with E-state index in [1.165, 1.54) is 12.1 Å². The lowest BCUT2D eigenvalue weighted by Gasteiger charge is -2.19. The number of benzene rings is 4. The van der Waals surface area contributed by atoms with Gasteiger partial charge in [-0.05, 0) is 71.8 Å². The van der Waals surface area contributed by atoms with E-state index in [0.717, 1.165) is 0 Å². The minimum Gasteiger partial charge on any atom is -0.410 e. The molecule has 2 N–H and O–H groups in total. The van der Waals surface area contributed by atoms with Crippen LogP contribution in [0.3, 0.4) is 0 Å². The van der Waals surface area contributed by atoms with E-state index in [9.17, 15) is 19.2 Å². The van der Waals surface area contributed by atoms with Gasteiger partial charge in [0.05, 0.1) is 11.6 Å². The standard InChI is InChI=1S/C27H22FN3O4/c1-3-30-26(32)34-22-11-6-17-13-16(15-29)5-9-20(17)24(22)25-21-10-8-19(28)14-18(21)7-12-23(25)35-27(33)31-4-2/h5-14H,3-4H2,1-2H3,(H,30,32)(H,31,33). The molecule has 2 amide bonds. The lowest BCUT2D eigenvalue weighted by molar-refractivity contribution is 0.199. The lowest BCUT2D eigenvalue weighted by atomic mass is 9.91. The summed E-state index contributed by atoms with van der Waals surface area (Å²) in [5, 5.41) is 17.1. The van der Waals surface area contributed by atoms with Crippen molar-refractivity contribution in [3.8, 4) is 28.7 Å². The Balaban J connectivity index is 2.07. The Labute approximate surface area is 201 Å². The van der Waals surface area contributed by atoms with Crippen LogP contribution in [-0.2, 0) is 0 Å². The van der Waals surface area contributed by atoms with E-state index >= 15 is 0 Å². The van der Waals surface area contributed by atoms with Gasteiger partial charge in [-0.2, -0.15) is 5.26 Å². The number of carbonyl (C=O) groups is 2. The van der Waals surface area contributed by atoms with E-state index in [4.69, 9.17) is 9.47 Å². The highest BCUT2D eigenvalue weighted by Crippen LogP contribution is 2.45. The monoisotopic (exact) mass is 471 g/mol. The van der Waals surface area contributed by atoms with Crippen molar-refractivity contribution < 1.29 is 23.5 Å². The molecule has 0 heterocycles. The quantitative estimate of drug-likeness (QED) is 0.378. The van der Waals surface area contributed by atoms with Crippen LogP contribution in [0.25, 0.3) is 32.7 Å². The number of nitriles is 1. The van der Waals surface area contributed by atoms with Crippen LogP contribution in [0.4, 0.5) is 14.0 Å². The summed E-state index contributed by atoms with van der Waals surface area (Å²) in [6.07, 6.45) is -1.31. The van der Waals surface area contributed by atoms with Gasteiger partial charge >= 0.3 is 12.2 Å². The van der Waals surface area contributed by atoms with Crippen molar-refractivity contribution in [3.05, 3.63) is 72.0 Å². The van der Waals surface area contributed by atoms with Crippen LogP contribution in [-0.4, -0.2) is 25.3 Å². The number of amides is 2. The molecule has 0 aromatic heterocycles. The summed E-state index contributed by atoms with van der Waals surface area (Å²) in [5.74, 6) is -0.00498. The van der Waals surface area contributed by atoms with Crippen LogP contribution in [0, 0.1) is 17.1 Å². The summed E-state index contributed by atoms with van der Waals surface area (Å²) in [6.45, 7) is 4.26. The first-order valence-corrected chi connectivity index (χ1v) is 11.1. The van der Waals surface area contributed by atoms with E-state index in [-0.39, 0.29) is 11.5 Å². The van der Waals surface area contributed by atoms with Gasteiger partial charge in [-0.3, -0.25) is 0 Å². The summed E-state index contributed by atoms with van der Waals surface area (Å²) in [4.78, 5) is 24.7. The third kappa shape index (κ3) is 4.84. The van der Waals surface area contributed by atoms with Gasteiger partial charge in [-0.25, -0.2) is 14.0 Å². The molecule has 0 saturated carbocycles. The highest BCUT2D eigenvalue weighted by Gasteiger charge is 2.22. The summed E-state index contributed by atoms with van der Waals surface area (Å²) >= 11 is 0. The Morgan fingerprint density at radius 2 is 1.31 bits per heavy atom. The molecule has 0 bridgehead atoms. The largest absolute Gasteiger partial charge is 0.412 e. The number of hydrogen-bond acceptors (Lipinski definition) is 5. The molecule has 0 unspecified atom stereocenters. The first-order valence-electron chi connectivity index (χ1n) is 11.1. The maximum atomic E-state index is 14.1. The number of rotatable bonds is 5. The van der Waals surface area contributed by atoms with Crippen molar-refractivity contribution >= 4 is 33.7 Å². The molecule has 4 aromatic carbocycles. The predicted octanol–water partition coefficient (Wildman–Crippen LogP) is 5.89. The van der Waals surface area contributed by atoms with E-state index in [1.807, 2.05) is 0 Å². The van der Waals surface area contributed by atoms with Crippen molar-refractivity contribution in [2.45, 2.75) is 13.8 Å². The molecule has 0 spiro atoms. The van der Waals surface area contributed by atoms with E-state index < -0.39 is 18.0 Å². The molecular weight excluding hydrogens is 449 g/mol. The Morgan fingerprint density at radius 1 is 0.800 bits per heavy atom. The number of carbonyl (C=O) groups excluding carboxylic acids is 2. The van der Waals surface area contributed by atoms with Crippen LogP contribution >= 0.6 is 0 Å². The zero-order valence-electron chi connectivity index (χ0n) is 19.1. The van der Waals surface area contributed by atoms with E-state index in [2.05, 4.69) is 16.7 Å². The highest BCUT2D eigenvalue weighted by atomic mass is 19.1. The fraction of sp³-hybridized carbons (Fsp3) is 0.148. The molecule has 0 aliphatic rings. The van der Waals surface area contributed by atoms with Crippen LogP contribution in [0.1, 0.15) is 19.4 Å². The average molecular weight is 471 g/mol. The predicted molar refractivity (Wildman–Crippen MR) is 131 cm³/mol. The minimum absolute atomic E-state index is 0.202. The maximum absolute atomic E-state index is 14.1. The summed E-state index contributed by atoms with van der Waals surface area (Å²) in [5.41, 5.74) is 1.37. The Morgan fingerprint density at radius 3 is 1.83 bits per heavy atom. The Kier molecular flexibility index (Phi) is 6.78. The molecule has 0 atom stereocenters. The van der Waals surface area contributed by atoms with Gasteiger partial charge in [0.1, 0.15) is 17.3 Å². The molecule has 0 aliphatic carbocycles. The molecule has 8 heteroatoms. The summed E-state index contributed by atoms with van der Waals surface area (Å²) in [6, 6.07) is 18.1. The fourth-order valence-electron chi connectivity index (χ4n) is 3.91. The molecular formula is C27H22FN3O4. The lowest BCUT2D eigenvalue weighted by Crippen LogP contribution is -2.27. The normalized spacial score (nSPS) is 10.6. The van der Waals surface area contributed by atoms with Gasteiger partial charge in [-0.1, -0.05) is 24.3 Å². The highest BCUT2D eigenvalue weighted by molar-refractivity contribution is 6.10. The van der Waals surface area contributed by atoms with Crippen molar-refractivity contribution in [2.24, 2.45) is 0 Å². The zero-order valence-corrected chi connectivity index (χ0v) is 19.1. The number of hydrogen-bond donors (Lipinski definition) is 2. The van der Waals surface area contributed by atoms with Crippen LogP contribution in [0.5, 0.6) is 11.5 Å². The first kappa shape index (κ1) is 23.5. The van der Waals surface area contributed by atoms with Gasteiger partial charge in [-0.15, -0.1) is 0 Å². The van der Waals surface area contributed by atoms with Crippen molar-refractivity contribution in [2.75, 3.05) is 13.1 Å². The smallest absolute Gasteiger partial charge is 0.410 e. The third-order valence-electron chi connectivity index (χ3n) is 5.35. The average Bonchev–Trinajstić information content (AvgIpc) is 2.84. The van der Waals surface area contributed by atoms with Gasteiger partial charge in [0, 0.05) is 24.2 Å². The number of ether oxygens (including phenoxy) is 2. The number of nitrogens with one attached hydrogen (secondary N) is 2. The molecule has 35 heavy (non-hydrogen) atoms. The second kappa shape index (κ2) is 10.1. The van der Waals surface area contributed by atoms with Gasteiger partial charge in [0.25, 0.3) is 0 Å². The molecule has 0 saturated heterocycles. The second-order valence-electron chi connectivity index (χ2n) is 7.63. The van der Waals surface area contributed by atoms with Gasteiger partial charge in [0.15, 0.2) is 0 Å². The van der Waals surface area contributed by atoms with Crippen LogP contribution in [0.15, 0.2) is 60.7 Å². The second-order valence-corrected chi connectivity index (χ2v) is 7.63. The molecule has 0 fully saturated rings. The Hall–Kier alpha value is -4.64. The van der Waals surface area contributed by atoms with Crippen LogP contribution < -0.4 is 20.1 Å². The molecule has 4 aromatic rings. The zero-order chi connectivity index (χ0) is 24.9. The SMILES string of the molecule is CCNC(=O)Oc1ccc2cc(F)ccc2c1-c1c(OC(=O)NCC)ccc2cc(C#N)ccc12. The molecule has 7 nitrogen and oxygen atoms in total. The van der Waals surface area contributed by atoms with E-state index in [1.54, 1.807) is 62.4 Å². The van der Waals surface area contributed by atoms with Gasteiger partial charge < -0.3 is 20.1 Å². The fourth-order valence-corrected chi connectivity index (χ4v) is 3.91. The van der Waals surface area contributed by atoms with Crippen molar-refractivity contribution in [1.29, 1.82) is 5.26 Å². The number of nitrogens with zero attached hydrogens (tertiary/aromatic N) is 1. The number of halogens is 1.